The molecule has 2 fully saturated rings. The van der Waals surface area contributed by atoms with E-state index in [9.17, 15) is 8.42 Å². The number of rotatable bonds is 3. The Morgan fingerprint density at radius 3 is 2.74 bits per heavy atom. The fourth-order valence-electron chi connectivity index (χ4n) is 2.38. The van der Waals surface area contributed by atoms with Gasteiger partial charge in [0.1, 0.15) is 16.2 Å². The maximum Gasteiger partial charge on any atom is 0.152 e. The van der Waals surface area contributed by atoms with Crippen LogP contribution in [0.5, 0.6) is 0 Å². The molecule has 2 heterocycles. The average molecular weight is 346 g/mol. The van der Waals surface area contributed by atoms with Crippen molar-refractivity contribution in [3.05, 3.63) is 16.5 Å². The smallest absolute Gasteiger partial charge is 0.152 e. The van der Waals surface area contributed by atoms with Gasteiger partial charge in [-0.2, -0.15) is 0 Å². The summed E-state index contributed by atoms with van der Waals surface area (Å²) in [6.07, 6.45) is 3.89. The molecule has 1 aliphatic heterocycles. The quantitative estimate of drug-likeness (QED) is 0.849. The normalized spacial score (nSPS) is 26.1. The molecule has 1 unspecified atom stereocenters. The van der Waals surface area contributed by atoms with Gasteiger partial charge >= 0.3 is 0 Å². The van der Waals surface area contributed by atoms with Gasteiger partial charge in [-0.15, -0.1) is 0 Å². The molecule has 1 saturated carbocycles. The molecule has 1 aromatic rings. The molecule has 0 spiro atoms. The van der Waals surface area contributed by atoms with Crippen LogP contribution in [0.15, 0.2) is 10.7 Å². The lowest BCUT2D eigenvalue weighted by Gasteiger charge is -2.23. The fourth-order valence-corrected chi connectivity index (χ4v) is 4.41. The Balaban J connectivity index is 1.75. The molecule has 1 aliphatic carbocycles. The Morgan fingerprint density at radius 1 is 1.26 bits per heavy atom. The van der Waals surface area contributed by atoms with E-state index in [1.807, 2.05) is 6.07 Å². The van der Waals surface area contributed by atoms with Crippen LogP contribution >= 0.6 is 15.9 Å². The minimum absolute atomic E-state index is 0.0346. The molecular formula is C12H16BrN3O2S. The van der Waals surface area contributed by atoms with Gasteiger partial charge in [0.15, 0.2) is 9.84 Å². The summed E-state index contributed by atoms with van der Waals surface area (Å²) in [6, 6.07) is 1.78. The Kier molecular flexibility index (Phi) is 3.51. The van der Waals surface area contributed by atoms with E-state index < -0.39 is 9.84 Å². The van der Waals surface area contributed by atoms with Gasteiger partial charge in [-0.1, -0.05) is 0 Å². The fraction of sp³-hybridized carbons (Fsp3) is 0.667. The molecule has 0 amide bonds. The number of hydrogen-bond donors (Lipinski definition) is 1. The predicted molar refractivity (Wildman–Crippen MR) is 77.0 cm³/mol. The summed E-state index contributed by atoms with van der Waals surface area (Å²) in [5, 5.41) is 3.24. The van der Waals surface area contributed by atoms with E-state index in [4.69, 9.17) is 0 Å². The van der Waals surface area contributed by atoms with Gasteiger partial charge in [-0.25, -0.2) is 18.4 Å². The van der Waals surface area contributed by atoms with Gasteiger partial charge in [0.25, 0.3) is 0 Å². The highest BCUT2D eigenvalue weighted by Gasteiger charge is 2.28. The van der Waals surface area contributed by atoms with E-state index >= 15 is 0 Å². The minimum Gasteiger partial charge on any atom is -0.366 e. The number of sulfone groups is 1. The number of halogens is 1. The second-order valence-corrected chi connectivity index (χ2v) is 8.35. The van der Waals surface area contributed by atoms with Crippen molar-refractivity contribution in [2.75, 3.05) is 16.8 Å². The molecular weight excluding hydrogens is 330 g/mol. The molecule has 0 radical (unpaired) electrons. The molecule has 19 heavy (non-hydrogen) atoms. The highest BCUT2D eigenvalue weighted by atomic mass is 79.9. The summed E-state index contributed by atoms with van der Waals surface area (Å²) in [5.41, 5.74) is 0. The second-order valence-electron chi connectivity index (χ2n) is 5.31. The number of anilines is 1. The highest BCUT2D eigenvalue weighted by Crippen LogP contribution is 2.38. The first-order valence-corrected chi connectivity index (χ1v) is 9.15. The predicted octanol–water partition coefficient (Wildman–Crippen LogP) is 2.11. The molecule has 1 aromatic heterocycles. The van der Waals surface area contributed by atoms with Crippen molar-refractivity contribution in [1.29, 1.82) is 0 Å². The first-order valence-electron chi connectivity index (χ1n) is 6.53. The number of nitrogens with one attached hydrogen (secondary N) is 1. The van der Waals surface area contributed by atoms with Crippen molar-refractivity contribution in [2.24, 2.45) is 0 Å². The lowest BCUT2D eigenvalue weighted by molar-refractivity contribution is 0.561. The first-order chi connectivity index (χ1) is 9.02. The summed E-state index contributed by atoms with van der Waals surface area (Å²) < 4.78 is 24.0. The maximum atomic E-state index is 11.6. The van der Waals surface area contributed by atoms with E-state index in [0.717, 1.165) is 41.9 Å². The molecule has 104 valence electrons. The van der Waals surface area contributed by atoms with E-state index in [0.29, 0.717) is 11.7 Å². The van der Waals surface area contributed by atoms with Gasteiger partial charge in [0, 0.05) is 18.0 Å². The zero-order valence-electron chi connectivity index (χ0n) is 10.5. The standard InChI is InChI=1S/C12H16BrN3O2S/c13-10-6-11(16-12(15-10)8-3-4-8)14-9-2-1-5-19(17,18)7-9/h6,8-9H,1-5,7H2,(H,14,15,16). The third-order valence-electron chi connectivity index (χ3n) is 3.47. The maximum absolute atomic E-state index is 11.6. The van der Waals surface area contributed by atoms with E-state index in [1.54, 1.807) is 0 Å². The summed E-state index contributed by atoms with van der Waals surface area (Å²) >= 11 is 3.39. The van der Waals surface area contributed by atoms with Gasteiger partial charge in [-0.3, -0.25) is 0 Å². The van der Waals surface area contributed by atoms with Crippen LogP contribution in [0, 0.1) is 0 Å². The minimum atomic E-state index is -2.89. The van der Waals surface area contributed by atoms with Crippen molar-refractivity contribution in [2.45, 2.75) is 37.6 Å². The van der Waals surface area contributed by atoms with Crippen LogP contribution in [0.3, 0.4) is 0 Å². The third-order valence-corrected chi connectivity index (χ3v) is 5.70. The molecule has 1 atom stereocenters. The van der Waals surface area contributed by atoms with Crippen molar-refractivity contribution in [3.8, 4) is 0 Å². The zero-order chi connectivity index (χ0) is 13.5. The van der Waals surface area contributed by atoms with E-state index in [-0.39, 0.29) is 11.8 Å². The topological polar surface area (TPSA) is 72.0 Å². The van der Waals surface area contributed by atoms with Crippen LogP contribution in [0.1, 0.15) is 37.4 Å². The first kappa shape index (κ1) is 13.3. The Bertz CT molecular complexity index is 587. The van der Waals surface area contributed by atoms with Crippen molar-refractivity contribution >= 4 is 31.6 Å². The van der Waals surface area contributed by atoms with Crippen LogP contribution < -0.4 is 5.32 Å². The van der Waals surface area contributed by atoms with Crippen LogP contribution in [0.25, 0.3) is 0 Å². The number of hydrogen-bond acceptors (Lipinski definition) is 5. The summed E-state index contributed by atoms with van der Waals surface area (Å²) in [6.45, 7) is 0. The van der Waals surface area contributed by atoms with Gasteiger partial charge in [0.2, 0.25) is 0 Å². The molecule has 0 aromatic carbocycles. The number of nitrogens with zero attached hydrogens (tertiary/aromatic N) is 2. The highest BCUT2D eigenvalue weighted by molar-refractivity contribution is 9.10. The Morgan fingerprint density at radius 2 is 2.05 bits per heavy atom. The van der Waals surface area contributed by atoms with Gasteiger partial charge in [-0.05, 0) is 41.6 Å². The van der Waals surface area contributed by atoms with Crippen LogP contribution in [-0.4, -0.2) is 35.9 Å². The molecule has 2 aliphatic rings. The molecule has 1 N–H and O–H groups in total. The second kappa shape index (κ2) is 5.01. The van der Waals surface area contributed by atoms with E-state index in [1.165, 1.54) is 0 Å². The number of aromatic nitrogens is 2. The summed E-state index contributed by atoms with van der Waals surface area (Å²) in [4.78, 5) is 8.86. The zero-order valence-corrected chi connectivity index (χ0v) is 12.9. The lowest BCUT2D eigenvalue weighted by atomic mass is 10.2. The SMILES string of the molecule is O=S1(=O)CCCC(Nc2cc(Br)nc(C3CC3)n2)C1. The average Bonchev–Trinajstić information content (AvgIpc) is 3.10. The van der Waals surface area contributed by atoms with Gasteiger partial charge in [0.05, 0.1) is 11.5 Å². The van der Waals surface area contributed by atoms with E-state index in [2.05, 4.69) is 31.2 Å². The Labute approximate surface area is 121 Å². The largest absolute Gasteiger partial charge is 0.366 e. The third kappa shape index (κ3) is 3.45. The molecule has 1 saturated heterocycles. The van der Waals surface area contributed by atoms with Crippen molar-refractivity contribution in [1.82, 2.24) is 9.97 Å². The van der Waals surface area contributed by atoms with Gasteiger partial charge < -0.3 is 5.32 Å². The monoisotopic (exact) mass is 345 g/mol. The van der Waals surface area contributed by atoms with Crippen molar-refractivity contribution in [3.63, 3.8) is 0 Å². The van der Waals surface area contributed by atoms with Crippen LogP contribution in [-0.2, 0) is 9.84 Å². The molecule has 3 rings (SSSR count). The molecule has 0 bridgehead atoms. The van der Waals surface area contributed by atoms with Crippen molar-refractivity contribution < 1.29 is 8.42 Å². The summed E-state index contributed by atoms with van der Waals surface area (Å²) in [5.74, 6) is 2.58. The van der Waals surface area contributed by atoms with Crippen LogP contribution in [0.4, 0.5) is 5.82 Å². The lowest BCUT2D eigenvalue weighted by Crippen LogP contribution is -2.35. The molecule has 7 heteroatoms. The van der Waals surface area contributed by atoms with Crippen LogP contribution in [0.2, 0.25) is 0 Å². The Hall–Kier alpha value is -0.690. The molecule has 5 nitrogen and oxygen atoms in total. The summed E-state index contributed by atoms with van der Waals surface area (Å²) in [7, 11) is -2.89.